The lowest BCUT2D eigenvalue weighted by Crippen LogP contribution is -2.54. The Morgan fingerprint density at radius 1 is 1.35 bits per heavy atom. The number of hydrogen-bond acceptors (Lipinski definition) is 3. The third kappa shape index (κ3) is 3.67. The number of ether oxygens (including phenoxy) is 1. The third-order valence-electron chi connectivity index (χ3n) is 4.40. The Hall–Kier alpha value is -0.120. The van der Waals surface area contributed by atoms with Gasteiger partial charge in [-0.1, -0.05) is 13.3 Å². The molecule has 1 rings (SSSR count). The lowest BCUT2D eigenvalue weighted by Gasteiger charge is -2.46. The summed E-state index contributed by atoms with van der Waals surface area (Å²) in [4.78, 5) is 2.41. The lowest BCUT2D eigenvalue weighted by atomic mass is 9.79. The van der Waals surface area contributed by atoms with Crippen molar-refractivity contribution in [3.63, 3.8) is 0 Å². The first kappa shape index (κ1) is 14.9. The van der Waals surface area contributed by atoms with Crippen molar-refractivity contribution in [3.05, 3.63) is 0 Å². The van der Waals surface area contributed by atoms with E-state index in [1.165, 1.54) is 6.42 Å². The molecule has 0 amide bonds. The molecule has 0 aromatic rings. The molecule has 0 aromatic heterocycles. The third-order valence-corrected chi connectivity index (χ3v) is 4.40. The fraction of sp³-hybridized carbons (Fsp3) is 1.00. The molecule has 17 heavy (non-hydrogen) atoms. The molecular weight excluding hydrogens is 214 g/mol. The monoisotopic (exact) mass is 243 g/mol. The summed E-state index contributed by atoms with van der Waals surface area (Å²) in [6.07, 6.45) is 4.10. The van der Waals surface area contributed by atoms with Gasteiger partial charge in [0.1, 0.15) is 0 Å². The molecule has 0 aromatic carbocycles. The Kier molecular flexibility index (Phi) is 5.42. The lowest BCUT2D eigenvalue weighted by molar-refractivity contribution is -0.0322. The minimum absolute atomic E-state index is 0.0316. The molecule has 0 heterocycles. The second kappa shape index (κ2) is 6.17. The Morgan fingerprint density at radius 3 is 2.53 bits per heavy atom. The molecule has 0 spiro atoms. The van der Waals surface area contributed by atoms with Gasteiger partial charge in [0, 0.05) is 18.7 Å². The molecule has 0 saturated heterocycles. The number of aliphatic hydroxyl groups is 1. The minimum atomic E-state index is -0.122. The summed E-state index contributed by atoms with van der Waals surface area (Å²) in [6, 6.07) is 0.480. The second-order valence-corrected chi connectivity index (χ2v) is 6.06. The quantitative estimate of drug-likeness (QED) is 0.804. The standard InChI is InChI=1S/C14H29NO2/c1-6-11-7-8-12(16)9-13(11)15(4)14(2,3)10-17-5/h11-13,16H,6-10H2,1-5H3. The zero-order chi connectivity index (χ0) is 13.1. The number of aliphatic hydroxyl groups excluding tert-OH is 1. The van der Waals surface area contributed by atoms with Gasteiger partial charge in [-0.25, -0.2) is 0 Å². The van der Waals surface area contributed by atoms with E-state index >= 15 is 0 Å². The van der Waals surface area contributed by atoms with Crippen molar-refractivity contribution in [2.24, 2.45) is 5.92 Å². The maximum absolute atomic E-state index is 9.88. The van der Waals surface area contributed by atoms with Gasteiger partial charge in [-0.3, -0.25) is 4.90 Å². The van der Waals surface area contributed by atoms with Crippen molar-refractivity contribution in [2.45, 2.75) is 64.1 Å². The molecule has 0 aliphatic heterocycles. The average Bonchev–Trinajstić information content (AvgIpc) is 2.28. The zero-order valence-corrected chi connectivity index (χ0v) is 12.1. The van der Waals surface area contributed by atoms with Crippen LogP contribution in [-0.2, 0) is 4.74 Å². The predicted molar refractivity (Wildman–Crippen MR) is 71.1 cm³/mol. The van der Waals surface area contributed by atoms with Gasteiger partial charge < -0.3 is 9.84 Å². The summed E-state index contributed by atoms with van der Waals surface area (Å²) < 4.78 is 5.31. The average molecular weight is 243 g/mol. The SMILES string of the molecule is CCC1CCC(O)CC1N(C)C(C)(C)COC. The van der Waals surface area contributed by atoms with Gasteiger partial charge in [0.2, 0.25) is 0 Å². The molecule has 3 nitrogen and oxygen atoms in total. The first-order valence-corrected chi connectivity index (χ1v) is 6.82. The van der Waals surface area contributed by atoms with Crippen molar-refractivity contribution < 1.29 is 9.84 Å². The summed E-state index contributed by atoms with van der Waals surface area (Å²) >= 11 is 0. The van der Waals surface area contributed by atoms with E-state index in [9.17, 15) is 5.11 Å². The van der Waals surface area contributed by atoms with Crippen LogP contribution in [0.4, 0.5) is 0 Å². The van der Waals surface area contributed by atoms with Crippen LogP contribution in [0.2, 0.25) is 0 Å². The number of hydrogen-bond donors (Lipinski definition) is 1. The maximum atomic E-state index is 9.88. The molecule has 0 bridgehead atoms. The Balaban J connectivity index is 2.72. The summed E-state index contributed by atoms with van der Waals surface area (Å²) in [6.45, 7) is 7.41. The van der Waals surface area contributed by atoms with Gasteiger partial charge >= 0.3 is 0 Å². The number of nitrogens with zero attached hydrogens (tertiary/aromatic N) is 1. The van der Waals surface area contributed by atoms with E-state index in [4.69, 9.17) is 4.74 Å². The molecule has 0 radical (unpaired) electrons. The molecule has 3 heteroatoms. The summed E-state index contributed by atoms with van der Waals surface area (Å²) in [5.41, 5.74) is 0.0316. The van der Waals surface area contributed by atoms with E-state index in [-0.39, 0.29) is 11.6 Å². The molecule has 1 saturated carbocycles. The minimum Gasteiger partial charge on any atom is -0.393 e. The Morgan fingerprint density at radius 2 is 2.00 bits per heavy atom. The Bertz CT molecular complexity index is 230. The van der Waals surface area contributed by atoms with Gasteiger partial charge in [-0.15, -0.1) is 0 Å². The van der Waals surface area contributed by atoms with E-state index in [1.54, 1.807) is 7.11 Å². The topological polar surface area (TPSA) is 32.7 Å². The largest absolute Gasteiger partial charge is 0.393 e. The fourth-order valence-electron chi connectivity index (χ4n) is 3.04. The zero-order valence-electron chi connectivity index (χ0n) is 12.1. The summed E-state index contributed by atoms with van der Waals surface area (Å²) in [7, 11) is 3.92. The van der Waals surface area contributed by atoms with Crippen LogP contribution in [0.25, 0.3) is 0 Å². The van der Waals surface area contributed by atoms with Crippen molar-refractivity contribution in [3.8, 4) is 0 Å². The van der Waals surface area contributed by atoms with Crippen molar-refractivity contribution in [1.29, 1.82) is 0 Å². The Labute approximate surface area is 106 Å². The summed E-state index contributed by atoms with van der Waals surface area (Å²) in [5.74, 6) is 0.708. The maximum Gasteiger partial charge on any atom is 0.0641 e. The molecule has 1 aliphatic carbocycles. The smallest absolute Gasteiger partial charge is 0.0641 e. The highest BCUT2D eigenvalue weighted by atomic mass is 16.5. The van der Waals surface area contributed by atoms with Crippen LogP contribution in [-0.4, -0.2) is 48.5 Å². The predicted octanol–water partition coefficient (Wildman–Crippen LogP) is 2.28. The van der Waals surface area contributed by atoms with Crippen LogP contribution in [0.5, 0.6) is 0 Å². The van der Waals surface area contributed by atoms with Gasteiger partial charge in [-0.2, -0.15) is 0 Å². The van der Waals surface area contributed by atoms with Crippen LogP contribution in [0, 0.1) is 5.92 Å². The van der Waals surface area contributed by atoms with Crippen molar-refractivity contribution in [2.75, 3.05) is 20.8 Å². The molecule has 3 unspecified atom stereocenters. The van der Waals surface area contributed by atoms with Crippen LogP contribution in [0.3, 0.4) is 0 Å². The first-order chi connectivity index (χ1) is 7.92. The van der Waals surface area contributed by atoms with E-state index in [0.29, 0.717) is 12.0 Å². The van der Waals surface area contributed by atoms with E-state index in [1.807, 2.05) is 0 Å². The number of likely N-dealkylation sites (N-methyl/N-ethyl adjacent to an activating group) is 1. The van der Waals surface area contributed by atoms with Gasteiger partial charge in [0.25, 0.3) is 0 Å². The highest BCUT2D eigenvalue weighted by Gasteiger charge is 2.37. The molecular formula is C14H29NO2. The van der Waals surface area contributed by atoms with E-state index in [2.05, 4.69) is 32.7 Å². The van der Waals surface area contributed by atoms with Crippen LogP contribution < -0.4 is 0 Å². The van der Waals surface area contributed by atoms with E-state index in [0.717, 1.165) is 25.9 Å². The summed E-state index contributed by atoms with van der Waals surface area (Å²) in [5, 5.41) is 9.88. The first-order valence-electron chi connectivity index (χ1n) is 6.82. The molecule has 102 valence electrons. The molecule has 1 aliphatic rings. The molecule has 3 atom stereocenters. The second-order valence-electron chi connectivity index (χ2n) is 6.06. The van der Waals surface area contributed by atoms with Gasteiger partial charge in [0.05, 0.1) is 12.7 Å². The number of rotatable bonds is 5. The van der Waals surface area contributed by atoms with E-state index < -0.39 is 0 Å². The van der Waals surface area contributed by atoms with Crippen molar-refractivity contribution >= 4 is 0 Å². The number of methoxy groups -OCH3 is 1. The molecule has 1 fully saturated rings. The van der Waals surface area contributed by atoms with Crippen LogP contribution >= 0.6 is 0 Å². The normalized spacial score (nSPS) is 30.9. The molecule has 1 N–H and O–H groups in total. The van der Waals surface area contributed by atoms with Crippen LogP contribution in [0.15, 0.2) is 0 Å². The fourth-order valence-corrected chi connectivity index (χ4v) is 3.04. The highest BCUT2D eigenvalue weighted by Crippen LogP contribution is 2.33. The van der Waals surface area contributed by atoms with Gasteiger partial charge in [0.15, 0.2) is 0 Å². The highest BCUT2D eigenvalue weighted by molar-refractivity contribution is 4.91. The van der Waals surface area contributed by atoms with Gasteiger partial charge in [-0.05, 0) is 46.1 Å². The van der Waals surface area contributed by atoms with Crippen LogP contribution in [0.1, 0.15) is 46.5 Å². The van der Waals surface area contributed by atoms with Crippen molar-refractivity contribution in [1.82, 2.24) is 4.90 Å².